The Morgan fingerprint density at radius 3 is 2.79 bits per heavy atom. The van der Waals surface area contributed by atoms with E-state index in [0.717, 1.165) is 44.7 Å². The zero-order valence-corrected chi connectivity index (χ0v) is 15.0. The average Bonchev–Trinajstić information content (AvgIpc) is 3.20. The van der Waals surface area contributed by atoms with Gasteiger partial charge < -0.3 is 4.90 Å². The van der Waals surface area contributed by atoms with Crippen molar-refractivity contribution in [2.45, 2.75) is 45.2 Å². The number of benzene rings is 1. The smallest absolute Gasteiger partial charge is 0.255 e. The largest absolute Gasteiger partial charge is 0.302 e. The van der Waals surface area contributed by atoms with Gasteiger partial charge in [-0.15, -0.1) is 0 Å². The summed E-state index contributed by atoms with van der Waals surface area (Å²) in [4.78, 5) is 22.3. The first-order valence-electron chi connectivity index (χ1n) is 9.19. The van der Waals surface area contributed by atoms with Gasteiger partial charge in [0.1, 0.15) is 11.4 Å². The third-order valence-electron chi connectivity index (χ3n) is 6.39. The summed E-state index contributed by atoms with van der Waals surface area (Å²) in [5.41, 5.74) is 2.30. The maximum Gasteiger partial charge on any atom is 0.255 e. The molecule has 3 aliphatic rings. The lowest BCUT2D eigenvalue weighted by Gasteiger charge is -2.27. The van der Waals surface area contributed by atoms with E-state index in [9.17, 15) is 4.79 Å². The van der Waals surface area contributed by atoms with Gasteiger partial charge in [0.05, 0.1) is 0 Å². The van der Waals surface area contributed by atoms with Crippen LogP contribution in [0.2, 0.25) is 0 Å². The van der Waals surface area contributed by atoms with Crippen LogP contribution in [0, 0.1) is 18.8 Å². The van der Waals surface area contributed by atoms with Crippen LogP contribution in [0.1, 0.15) is 37.3 Å². The number of rotatable bonds is 3. The number of carbonyl (C=O) groups excluding carboxylic acids is 1. The predicted molar refractivity (Wildman–Crippen MR) is 95.9 cm³/mol. The van der Waals surface area contributed by atoms with Crippen LogP contribution >= 0.6 is 0 Å². The Morgan fingerprint density at radius 2 is 2.08 bits per heavy atom. The third-order valence-corrected chi connectivity index (χ3v) is 6.39. The fourth-order valence-electron chi connectivity index (χ4n) is 5.02. The Kier molecular flexibility index (Phi) is 3.75. The first-order valence-corrected chi connectivity index (χ1v) is 9.19. The predicted octanol–water partition coefficient (Wildman–Crippen LogP) is 2.86. The van der Waals surface area contributed by atoms with Crippen molar-refractivity contribution < 1.29 is 4.79 Å². The van der Waals surface area contributed by atoms with E-state index in [1.54, 1.807) is 0 Å². The SMILES string of the molecule is CCC1=N[C@@]2(CC[C@@H]3CN(Cc4ccccc4C)C[C@@H]32)C(=O)N1C. The van der Waals surface area contributed by atoms with Crippen LogP contribution in [0.4, 0.5) is 0 Å². The minimum atomic E-state index is -0.453. The molecule has 3 atom stereocenters. The van der Waals surface area contributed by atoms with E-state index in [4.69, 9.17) is 4.99 Å². The van der Waals surface area contributed by atoms with Crippen molar-refractivity contribution >= 4 is 11.7 Å². The molecule has 1 aromatic carbocycles. The molecule has 4 heteroatoms. The summed E-state index contributed by atoms with van der Waals surface area (Å²) in [6.07, 6.45) is 2.91. The van der Waals surface area contributed by atoms with Crippen LogP contribution in [-0.4, -0.2) is 47.2 Å². The summed E-state index contributed by atoms with van der Waals surface area (Å²) in [5, 5.41) is 0. The Balaban J connectivity index is 1.55. The average molecular weight is 325 g/mol. The maximum absolute atomic E-state index is 13.0. The molecule has 0 radical (unpaired) electrons. The van der Waals surface area contributed by atoms with Crippen molar-refractivity contribution in [2.24, 2.45) is 16.8 Å². The lowest BCUT2D eigenvalue weighted by Crippen LogP contribution is -2.45. The van der Waals surface area contributed by atoms with Gasteiger partial charge in [0, 0.05) is 39.0 Å². The normalized spacial score (nSPS) is 32.7. The summed E-state index contributed by atoms with van der Waals surface area (Å²) >= 11 is 0. The Labute approximate surface area is 144 Å². The van der Waals surface area contributed by atoms with E-state index < -0.39 is 5.54 Å². The van der Waals surface area contributed by atoms with E-state index in [0.29, 0.717) is 11.8 Å². The minimum absolute atomic E-state index is 0.240. The number of likely N-dealkylation sites (N-methyl/N-ethyl adjacent to an activating group) is 1. The van der Waals surface area contributed by atoms with E-state index in [2.05, 4.69) is 43.0 Å². The number of aryl methyl sites for hydroxylation is 1. The van der Waals surface area contributed by atoms with Gasteiger partial charge in [-0.2, -0.15) is 0 Å². The highest BCUT2D eigenvalue weighted by Gasteiger charge is 2.60. The molecule has 0 N–H and O–H groups in total. The molecule has 1 aromatic rings. The molecule has 1 saturated carbocycles. The summed E-state index contributed by atoms with van der Waals surface area (Å²) in [6.45, 7) is 7.37. The number of aliphatic imine (C=N–C) groups is 1. The number of likely N-dealkylation sites (tertiary alicyclic amines) is 1. The number of nitrogens with zero attached hydrogens (tertiary/aromatic N) is 3. The Hall–Kier alpha value is -1.68. The monoisotopic (exact) mass is 325 g/mol. The lowest BCUT2D eigenvalue weighted by atomic mass is 9.85. The topological polar surface area (TPSA) is 35.9 Å². The van der Waals surface area contributed by atoms with Gasteiger partial charge >= 0.3 is 0 Å². The first kappa shape index (κ1) is 15.8. The molecule has 24 heavy (non-hydrogen) atoms. The van der Waals surface area contributed by atoms with Crippen LogP contribution < -0.4 is 0 Å². The highest BCUT2D eigenvalue weighted by molar-refractivity contribution is 6.08. The molecule has 1 amide bonds. The van der Waals surface area contributed by atoms with Crippen molar-refractivity contribution in [3.8, 4) is 0 Å². The molecule has 128 valence electrons. The lowest BCUT2D eigenvalue weighted by molar-refractivity contribution is -0.131. The summed E-state index contributed by atoms with van der Waals surface area (Å²) in [6, 6.07) is 8.62. The standard InChI is InChI=1S/C20H27N3O/c1-4-18-21-20(19(24)22(18)3)10-9-16-12-23(13-17(16)20)11-15-8-6-5-7-14(15)2/h5-8,16-17H,4,9-13H2,1-3H3/t16-,17+,20-/m1/s1. The molecule has 4 nitrogen and oxygen atoms in total. The van der Waals surface area contributed by atoms with Gasteiger partial charge in [0.2, 0.25) is 0 Å². The van der Waals surface area contributed by atoms with Gasteiger partial charge in [-0.05, 0) is 36.8 Å². The van der Waals surface area contributed by atoms with Crippen molar-refractivity contribution in [1.82, 2.24) is 9.80 Å². The van der Waals surface area contributed by atoms with Crippen molar-refractivity contribution in [3.63, 3.8) is 0 Å². The molecular weight excluding hydrogens is 298 g/mol. The number of hydrogen-bond donors (Lipinski definition) is 0. The zero-order chi connectivity index (χ0) is 16.9. The summed E-state index contributed by atoms with van der Waals surface area (Å²) in [7, 11) is 1.90. The number of amides is 1. The van der Waals surface area contributed by atoms with Crippen LogP contribution in [-0.2, 0) is 11.3 Å². The van der Waals surface area contributed by atoms with Gasteiger partial charge in [-0.3, -0.25) is 14.7 Å². The molecule has 0 aromatic heterocycles. The van der Waals surface area contributed by atoms with Gasteiger partial charge in [-0.1, -0.05) is 31.2 Å². The van der Waals surface area contributed by atoms with E-state index in [1.165, 1.54) is 11.1 Å². The van der Waals surface area contributed by atoms with Crippen molar-refractivity contribution in [2.75, 3.05) is 20.1 Å². The van der Waals surface area contributed by atoms with Crippen LogP contribution in [0.5, 0.6) is 0 Å². The molecule has 2 aliphatic heterocycles. The highest BCUT2D eigenvalue weighted by atomic mass is 16.2. The van der Waals surface area contributed by atoms with Gasteiger partial charge in [0.25, 0.3) is 5.91 Å². The van der Waals surface area contributed by atoms with Gasteiger partial charge in [0.15, 0.2) is 0 Å². The number of hydrogen-bond acceptors (Lipinski definition) is 3. The second-order valence-corrected chi connectivity index (χ2v) is 7.70. The molecular formula is C20H27N3O. The highest BCUT2D eigenvalue weighted by Crippen LogP contribution is 2.50. The van der Waals surface area contributed by atoms with E-state index in [-0.39, 0.29) is 5.91 Å². The van der Waals surface area contributed by atoms with E-state index in [1.807, 2.05) is 11.9 Å². The summed E-state index contributed by atoms with van der Waals surface area (Å²) in [5.74, 6) is 2.22. The van der Waals surface area contributed by atoms with Crippen molar-refractivity contribution in [1.29, 1.82) is 0 Å². The molecule has 4 rings (SSSR count). The molecule has 1 aliphatic carbocycles. The van der Waals surface area contributed by atoms with Crippen molar-refractivity contribution in [3.05, 3.63) is 35.4 Å². The minimum Gasteiger partial charge on any atom is -0.302 e. The maximum atomic E-state index is 13.0. The van der Waals surface area contributed by atoms with Crippen LogP contribution in [0.25, 0.3) is 0 Å². The molecule has 2 heterocycles. The quantitative estimate of drug-likeness (QED) is 0.857. The number of amidine groups is 1. The molecule has 0 unspecified atom stereocenters. The second-order valence-electron chi connectivity index (χ2n) is 7.70. The molecule has 1 spiro atoms. The molecule has 0 bridgehead atoms. The number of carbonyl (C=O) groups is 1. The first-order chi connectivity index (χ1) is 11.5. The fraction of sp³-hybridized carbons (Fsp3) is 0.600. The second kappa shape index (κ2) is 5.69. The van der Waals surface area contributed by atoms with Gasteiger partial charge in [-0.25, -0.2) is 0 Å². The zero-order valence-electron chi connectivity index (χ0n) is 15.0. The van der Waals surface area contributed by atoms with E-state index >= 15 is 0 Å². The third kappa shape index (κ3) is 2.23. The Morgan fingerprint density at radius 1 is 1.29 bits per heavy atom. The molecule has 1 saturated heterocycles. The summed E-state index contributed by atoms with van der Waals surface area (Å²) < 4.78 is 0. The van der Waals surface area contributed by atoms with Crippen LogP contribution in [0.3, 0.4) is 0 Å². The molecule has 2 fully saturated rings. The fourth-order valence-corrected chi connectivity index (χ4v) is 5.02. The number of fused-ring (bicyclic) bond motifs is 2. The Bertz CT molecular complexity index is 698. The van der Waals surface area contributed by atoms with Crippen LogP contribution in [0.15, 0.2) is 29.3 Å².